The Morgan fingerprint density at radius 2 is 1.53 bits per heavy atom. The molecular formula is C13H23IO. The van der Waals surface area contributed by atoms with Crippen LogP contribution < -0.4 is 0 Å². The fourth-order valence-electron chi connectivity index (χ4n) is 2.85. The quantitative estimate of drug-likeness (QED) is 0.427. The summed E-state index contributed by atoms with van der Waals surface area (Å²) in [7, 11) is 0. The van der Waals surface area contributed by atoms with Gasteiger partial charge in [0.25, 0.3) is 0 Å². The minimum Gasteiger partial charge on any atom is -0.377 e. The van der Waals surface area contributed by atoms with E-state index in [4.69, 9.17) is 4.74 Å². The Kier molecular flexibility index (Phi) is 5.21. The number of alkyl halides is 1. The molecule has 15 heavy (non-hydrogen) atoms. The van der Waals surface area contributed by atoms with Crippen molar-refractivity contribution >= 4 is 22.6 Å². The molecule has 2 atom stereocenters. The molecule has 88 valence electrons. The van der Waals surface area contributed by atoms with Gasteiger partial charge in [-0.3, -0.25) is 0 Å². The van der Waals surface area contributed by atoms with Crippen molar-refractivity contribution in [3.63, 3.8) is 0 Å². The summed E-state index contributed by atoms with van der Waals surface area (Å²) in [6.45, 7) is 1.05. The number of ether oxygens (including phenoxy) is 1. The van der Waals surface area contributed by atoms with Gasteiger partial charge < -0.3 is 4.74 Å². The Bertz CT molecular complexity index is 177. The molecule has 2 aliphatic carbocycles. The minimum absolute atomic E-state index is 0.564. The molecule has 0 saturated heterocycles. The highest BCUT2D eigenvalue weighted by atomic mass is 127. The second-order valence-corrected chi connectivity index (χ2v) is 6.78. The molecule has 2 saturated carbocycles. The predicted molar refractivity (Wildman–Crippen MR) is 72.6 cm³/mol. The molecule has 0 N–H and O–H groups in total. The van der Waals surface area contributed by atoms with Crippen molar-refractivity contribution < 1.29 is 4.74 Å². The summed E-state index contributed by atoms with van der Waals surface area (Å²) in [4.78, 5) is 0. The van der Waals surface area contributed by atoms with Crippen LogP contribution in [0.25, 0.3) is 0 Å². The van der Waals surface area contributed by atoms with Gasteiger partial charge >= 0.3 is 0 Å². The van der Waals surface area contributed by atoms with Gasteiger partial charge in [0.15, 0.2) is 0 Å². The average Bonchev–Trinajstić information content (AvgIpc) is 2.67. The van der Waals surface area contributed by atoms with Gasteiger partial charge in [-0.1, -0.05) is 54.7 Å². The standard InChI is InChI=1S/C13H23IO/c14-12-8-2-1-3-9-13(12)15-10-11-6-4-5-7-11/h11-13H,1-10H2. The summed E-state index contributed by atoms with van der Waals surface area (Å²) >= 11 is 2.61. The van der Waals surface area contributed by atoms with Gasteiger partial charge in [-0.15, -0.1) is 0 Å². The maximum atomic E-state index is 6.15. The zero-order chi connectivity index (χ0) is 10.5. The van der Waals surface area contributed by atoms with E-state index in [1.807, 2.05) is 0 Å². The molecule has 0 bridgehead atoms. The van der Waals surface area contributed by atoms with E-state index in [1.54, 1.807) is 0 Å². The fraction of sp³-hybridized carbons (Fsp3) is 1.00. The van der Waals surface area contributed by atoms with Crippen LogP contribution in [0.4, 0.5) is 0 Å². The molecule has 0 aliphatic heterocycles. The van der Waals surface area contributed by atoms with Crippen molar-refractivity contribution in [3.05, 3.63) is 0 Å². The number of hydrogen-bond acceptors (Lipinski definition) is 1. The first-order valence-corrected chi connectivity index (χ1v) is 7.86. The highest BCUT2D eigenvalue weighted by Gasteiger charge is 2.23. The lowest BCUT2D eigenvalue weighted by Gasteiger charge is -2.22. The summed E-state index contributed by atoms with van der Waals surface area (Å²) in [5.74, 6) is 0.886. The third-order valence-corrected chi connectivity index (χ3v) is 5.32. The molecule has 0 heterocycles. The maximum Gasteiger partial charge on any atom is 0.0692 e. The van der Waals surface area contributed by atoms with Crippen molar-refractivity contribution in [2.75, 3.05) is 6.61 Å². The summed E-state index contributed by atoms with van der Waals surface area (Å²) < 4.78 is 6.92. The van der Waals surface area contributed by atoms with Crippen LogP contribution in [0.3, 0.4) is 0 Å². The molecule has 2 rings (SSSR count). The van der Waals surface area contributed by atoms with E-state index in [9.17, 15) is 0 Å². The van der Waals surface area contributed by atoms with Gasteiger partial charge in [0.1, 0.15) is 0 Å². The highest BCUT2D eigenvalue weighted by molar-refractivity contribution is 14.1. The van der Waals surface area contributed by atoms with E-state index in [2.05, 4.69) is 22.6 Å². The van der Waals surface area contributed by atoms with Crippen LogP contribution in [0.5, 0.6) is 0 Å². The smallest absolute Gasteiger partial charge is 0.0692 e. The summed E-state index contributed by atoms with van der Waals surface area (Å²) in [5, 5.41) is 0. The Hall–Kier alpha value is 0.690. The second-order valence-electron chi connectivity index (χ2n) is 5.18. The summed E-state index contributed by atoms with van der Waals surface area (Å²) in [5.41, 5.74) is 0. The molecule has 0 radical (unpaired) electrons. The van der Waals surface area contributed by atoms with Crippen molar-refractivity contribution in [2.24, 2.45) is 5.92 Å². The molecule has 2 heteroatoms. The lowest BCUT2D eigenvalue weighted by molar-refractivity contribution is 0.0278. The van der Waals surface area contributed by atoms with Gasteiger partial charge in [-0.25, -0.2) is 0 Å². The lowest BCUT2D eigenvalue weighted by Crippen LogP contribution is -2.25. The number of hydrogen-bond donors (Lipinski definition) is 0. The SMILES string of the molecule is IC1CCCCCC1OCC1CCCC1. The third kappa shape index (κ3) is 3.88. The van der Waals surface area contributed by atoms with Gasteiger partial charge in [0, 0.05) is 10.5 Å². The van der Waals surface area contributed by atoms with Crippen LogP contribution in [-0.4, -0.2) is 16.6 Å². The van der Waals surface area contributed by atoms with Crippen LogP contribution in [0.2, 0.25) is 0 Å². The van der Waals surface area contributed by atoms with Gasteiger partial charge in [0.2, 0.25) is 0 Å². The van der Waals surface area contributed by atoms with E-state index in [1.165, 1.54) is 57.8 Å². The van der Waals surface area contributed by atoms with E-state index in [-0.39, 0.29) is 0 Å². The minimum atomic E-state index is 0.564. The molecule has 2 unspecified atom stereocenters. The van der Waals surface area contributed by atoms with Crippen molar-refractivity contribution in [3.8, 4) is 0 Å². The van der Waals surface area contributed by atoms with Gasteiger partial charge in [-0.2, -0.15) is 0 Å². The second kappa shape index (κ2) is 6.43. The summed E-state index contributed by atoms with van der Waals surface area (Å²) in [6, 6.07) is 0. The lowest BCUT2D eigenvalue weighted by atomic mass is 10.1. The van der Waals surface area contributed by atoms with Crippen molar-refractivity contribution in [2.45, 2.75) is 67.8 Å². The Balaban J connectivity index is 1.71. The van der Waals surface area contributed by atoms with E-state index < -0.39 is 0 Å². The molecular weight excluding hydrogens is 299 g/mol. The topological polar surface area (TPSA) is 9.23 Å². The predicted octanol–water partition coefficient (Wildman–Crippen LogP) is 4.33. The zero-order valence-corrected chi connectivity index (χ0v) is 11.7. The van der Waals surface area contributed by atoms with Crippen LogP contribution in [0.1, 0.15) is 57.8 Å². The average molecular weight is 322 g/mol. The first-order valence-electron chi connectivity index (χ1n) is 6.62. The normalized spacial score (nSPS) is 34.2. The van der Waals surface area contributed by atoms with Crippen LogP contribution in [-0.2, 0) is 4.74 Å². The van der Waals surface area contributed by atoms with Crippen molar-refractivity contribution in [1.82, 2.24) is 0 Å². The van der Waals surface area contributed by atoms with Crippen molar-refractivity contribution in [1.29, 1.82) is 0 Å². The largest absolute Gasteiger partial charge is 0.377 e. The molecule has 0 amide bonds. The van der Waals surface area contributed by atoms with Crippen LogP contribution >= 0.6 is 22.6 Å². The molecule has 2 aliphatic rings. The van der Waals surface area contributed by atoms with Crippen LogP contribution in [0, 0.1) is 5.92 Å². The molecule has 0 aromatic rings. The molecule has 0 aromatic heterocycles. The first kappa shape index (κ1) is 12.2. The molecule has 1 nitrogen and oxygen atoms in total. The van der Waals surface area contributed by atoms with Gasteiger partial charge in [0.05, 0.1) is 6.10 Å². The Labute approximate surface area is 107 Å². The van der Waals surface area contributed by atoms with E-state index in [0.717, 1.165) is 16.4 Å². The van der Waals surface area contributed by atoms with Crippen LogP contribution in [0.15, 0.2) is 0 Å². The zero-order valence-electron chi connectivity index (χ0n) is 9.59. The third-order valence-electron chi connectivity index (χ3n) is 3.89. The molecule has 2 fully saturated rings. The maximum absolute atomic E-state index is 6.15. The number of rotatable bonds is 3. The molecule has 0 aromatic carbocycles. The monoisotopic (exact) mass is 322 g/mol. The molecule has 0 spiro atoms. The highest BCUT2D eigenvalue weighted by Crippen LogP contribution is 2.29. The fourth-order valence-corrected chi connectivity index (χ4v) is 3.86. The van der Waals surface area contributed by atoms with Gasteiger partial charge in [-0.05, 0) is 31.6 Å². The summed E-state index contributed by atoms with van der Waals surface area (Å²) in [6.07, 6.45) is 13.2. The Morgan fingerprint density at radius 3 is 2.33 bits per heavy atom. The first-order chi connectivity index (χ1) is 7.36. The number of halogens is 1. The van der Waals surface area contributed by atoms with E-state index in [0.29, 0.717) is 6.10 Å². The van der Waals surface area contributed by atoms with E-state index >= 15 is 0 Å². The Morgan fingerprint density at radius 1 is 0.867 bits per heavy atom.